The summed E-state index contributed by atoms with van der Waals surface area (Å²) in [6.07, 6.45) is 3.16. The maximum atomic E-state index is 11.0. The van der Waals surface area contributed by atoms with E-state index in [0.29, 0.717) is 5.75 Å². The van der Waals surface area contributed by atoms with Crippen molar-refractivity contribution in [1.29, 1.82) is 0 Å². The number of piperazine rings is 1. The van der Waals surface area contributed by atoms with Gasteiger partial charge in [0.05, 0.1) is 5.75 Å². The first kappa shape index (κ1) is 13.9. The Hall–Kier alpha value is -0.130. The molecule has 0 radical (unpaired) electrons. The largest absolute Gasteiger partial charge is 0.309 e. The van der Waals surface area contributed by atoms with Crippen molar-refractivity contribution in [2.75, 3.05) is 38.2 Å². The molecule has 4 nitrogen and oxygen atoms in total. The van der Waals surface area contributed by atoms with Crippen LogP contribution in [0.5, 0.6) is 0 Å². The summed E-state index contributed by atoms with van der Waals surface area (Å²) < 4.78 is 22.1. The molecule has 1 N–H and O–H groups in total. The van der Waals surface area contributed by atoms with Gasteiger partial charge in [0.25, 0.3) is 0 Å². The molecular weight excluding hydrogens is 224 g/mol. The zero-order valence-corrected chi connectivity index (χ0v) is 11.4. The van der Waals surface area contributed by atoms with Gasteiger partial charge in [-0.05, 0) is 26.3 Å². The normalized spacial score (nSPS) is 28.2. The number of sulfone groups is 1. The van der Waals surface area contributed by atoms with Crippen LogP contribution in [0.25, 0.3) is 0 Å². The van der Waals surface area contributed by atoms with Crippen molar-refractivity contribution in [3.63, 3.8) is 0 Å². The summed E-state index contributed by atoms with van der Waals surface area (Å²) in [4.78, 5) is 2.37. The molecule has 96 valence electrons. The maximum Gasteiger partial charge on any atom is 0.147 e. The van der Waals surface area contributed by atoms with E-state index in [1.807, 2.05) is 0 Å². The van der Waals surface area contributed by atoms with E-state index < -0.39 is 9.84 Å². The van der Waals surface area contributed by atoms with Crippen LogP contribution in [0.3, 0.4) is 0 Å². The van der Waals surface area contributed by atoms with Crippen LogP contribution < -0.4 is 5.32 Å². The number of rotatable bonds is 5. The summed E-state index contributed by atoms with van der Waals surface area (Å²) in [6, 6.07) is 0. The Morgan fingerprint density at radius 1 is 1.44 bits per heavy atom. The van der Waals surface area contributed by atoms with Gasteiger partial charge in [-0.3, -0.25) is 0 Å². The zero-order chi connectivity index (χ0) is 12.2. The van der Waals surface area contributed by atoms with Gasteiger partial charge in [0.15, 0.2) is 0 Å². The van der Waals surface area contributed by atoms with Gasteiger partial charge in [0.2, 0.25) is 0 Å². The van der Waals surface area contributed by atoms with E-state index in [4.69, 9.17) is 0 Å². The highest BCUT2D eigenvalue weighted by Crippen LogP contribution is 2.15. The molecule has 1 rings (SSSR count). The second-order valence-electron chi connectivity index (χ2n) is 5.10. The Balaban J connectivity index is 2.33. The van der Waals surface area contributed by atoms with E-state index >= 15 is 0 Å². The lowest BCUT2D eigenvalue weighted by molar-refractivity contribution is 0.140. The Bertz CT molecular complexity index is 316. The van der Waals surface area contributed by atoms with Crippen molar-refractivity contribution in [2.45, 2.75) is 32.2 Å². The highest BCUT2D eigenvalue weighted by Gasteiger charge is 2.28. The second-order valence-corrected chi connectivity index (χ2v) is 7.36. The summed E-state index contributed by atoms with van der Waals surface area (Å²) in [7, 11) is -2.80. The van der Waals surface area contributed by atoms with Gasteiger partial charge in [-0.25, -0.2) is 8.42 Å². The summed E-state index contributed by atoms with van der Waals surface area (Å²) in [5.74, 6) is 0.305. The summed E-state index contributed by atoms with van der Waals surface area (Å²) in [5, 5.41) is 3.52. The van der Waals surface area contributed by atoms with Crippen molar-refractivity contribution >= 4 is 9.84 Å². The lowest BCUT2D eigenvalue weighted by atomic mass is 9.96. The molecule has 1 fully saturated rings. The Kier molecular flexibility index (Phi) is 4.76. The van der Waals surface area contributed by atoms with Crippen molar-refractivity contribution in [2.24, 2.45) is 0 Å². The summed E-state index contributed by atoms with van der Waals surface area (Å²) in [6.45, 7) is 8.36. The third-order valence-electron chi connectivity index (χ3n) is 3.32. The first-order valence-corrected chi connectivity index (χ1v) is 8.06. The minimum absolute atomic E-state index is 0.198. The minimum atomic E-state index is -2.80. The average molecular weight is 248 g/mol. The van der Waals surface area contributed by atoms with Crippen molar-refractivity contribution in [3.8, 4) is 0 Å². The molecule has 0 saturated carbocycles. The number of nitrogens with one attached hydrogen (secondary N) is 1. The standard InChI is InChI=1S/C11H24N2O2S/c1-4-11(2)10-13(8-6-12-11)7-5-9-16(3,14)15/h12H,4-10H2,1-3H3. The lowest BCUT2D eigenvalue weighted by Gasteiger charge is -2.41. The lowest BCUT2D eigenvalue weighted by Crippen LogP contribution is -2.58. The van der Waals surface area contributed by atoms with Crippen molar-refractivity contribution in [3.05, 3.63) is 0 Å². The van der Waals surface area contributed by atoms with Gasteiger partial charge in [-0.1, -0.05) is 6.92 Å². The number of hydrogen-bond donors (Lipinski definition) is 1. The van der Waals surface area contributed by atoms with Gasteiger partial charge in [0, 0.05) is 31.4 Å². The fourth-order valence-electron chi connectivity index (χ4n) is 2.12. The number of hydrogen-bond acceptors (Lipinski definition) is 4. The average Bonchev–Trinajstić information content (AvgIpc) is 2.16. The zero-order valence-electron chi connectivity index (χ0n) is 10.6. The summed E-state index contributed by atoms with van der Waals surface area (Å²) >= 11 is 0. The molecule has 0 amide bonds. The highest BCUT2D eigenvalue weighted by atomic mass is 32.2. The molecule has 1 saturated heterocycles. The Morgan fingerprint density at radius 2 is 2.12 bits per heavy atom. The first-order valence-electron chi connectivity index (χ1n) is 6.00. The summed E-state index contributed by atoms with van der Waals surface area (Å²) in [5.41, 5.74) is 0.198. The van der Waals surface area contributed by atoms with Crippen LogP contribution in [0.2, 0.25) is 0 Å². The molecule has 0 aromatic carbocycles. The molecule has 1 aliphatic heterocycles. The molecule has 1 unspecified atom stereocenters. The predicted octanol–water partition coefficient (Wildman–Crippen LogP) is 0.495. The fourth-order valence-corrected chi connectivity index (χ4v) is 2.78. The monoisotopic (exact) mass is 248 g/mol. The molecule has 0 bridgehead atoms. The van der Waals surface area contributed by atoms with E-state index in [1.54, 1.807) is 0 Å². The van der Waals surface area contributed by atoms with E-state index in [2.05, 4.69) is 24.1 Å². The van der Waals surface area contributed by atoms with Crippen molar-refractivity contribution < 1.29 is 8.42 Å². The van der Waals surface area contributed by atoms with Crippen LogP contribution >= 0.6 is 0 Å². The second kappa shape index (κ2) is 5.47. The molecule has 1 atom stereocenters. The van der Waals surface area contributed by atoms with Crippen LogP contribution in [0.1, 0.15) is 26.7 Å². The fraction of sp³-hybridized carbons (Fsp3) is 1.00. The molecule has 1 aliphatic rings. The molecular formula is C11H24N2O2S. The van der Waals surface area contributed by atoms with Gasteiger partial charge in [-0.2, -0.15) is 0 Å². The topological polar surface area (TPSA) is 49.4 Å². The van der Waals surface area contributed by atoms with Gasteiger partial charge in [0.1, 0.15) is 9.84 Å². The van der Waals surface area contributed by atoms with E-state index in [-0.39, 0.29) is 5.54 Å². The molecule has 0 aromatic heterocycles. The molecule has 0 aliphatic carbocycles. The van der Waals surface area contributed by atoms with Crippen LogP contribution in [-0.2, 0) is 9.84 Å². The molecule has 5 heteroatoms. The smallest absolute Gasteiger partial charge is 0.147 e. The molecule has 0 aromatic rings. The predicted molar refractivity (Wildman–Crippen MR) is 67.5 cm³/mol. The van der Waals surface area contributed by atoms with Gasteiger partial charge < -0.3 is 10.2 Å². The third kappa shape index (κ3) is 4.80. The Morgan fingerprint density at radius 3 is 2.69 bits per heavy atom. The molecule has 16 heavy (non-hydrogen) atoms. The van der Waals surface area contributed by atoms with E-state index in [0.717, 1.165) is 39.0 Å². The number of nitrogens with zero attached hydrogens (tertiary/aromatic N) is 1. The third-order valence-corrected chi connectivity index (χ3v) is 4.35. The first-order chi connectivity index (χ1) is 7.35. The Labute approximate surface area is 99.3 Å². The highest BCUT2D eigenvalue weighted by molar-refractivity contribution is 7.90. The SMILES string of the molecule is CCC1(C)CN(CCCS(C)(=O)=O)CCN1. The van der Waals surface area contributed by atoms with Crippen molar-refractivity contribution in [1.82, 2.24) is 10.2 Å². The minimum Gasteiger partial charge on any atom is -0.309 e. The maximum absolute atomic E-state index is 11.0. The van der Waals surface area contributed by atoms with E-state index in [1.165, 1.54) is 6.26 Å². The van der Waals surface area contributed by atoms with Crippen LogP contribution in [0.4, 0.5) is 0 Å². The van der Waals surface area contributed by atoms with Gasteiger partial charge >= 0.3 is 0 Å². The molecule has 1 heterocycles. The van der Waals surface area contributed by atoms with Crippen LogP contribution in [0, 0.1) is 0 Å². The van der Waals surface area contributed by atoms with Crippen LogP contribution in [-0.4, -0.2) is 57.0 Å². The van der Waals surface area contributed by atoms with Gasteiger partial charge in [-0.15, -0.1) is 0 Å². The van der Waals surface area contributed by atoms with Crippen LogP contribution in [0.15, 0.2) is 0 Å². The quantitative estimate of drug-likeness (QED) is 0.769. The van der Waals surface area contributed by atoms with E-state index in [9.17, 15) is 8.42 Å². The molecule has 0 spiro atoms.